The first-order valence-corrected chi connectivity index (χ1v) is 6.46. The van der Waals surface area contributed by atoms with E-state index in [0.717, 1.165) is 11.4 Å². The number of halogens is 1. The minimum Gasteiger partial charge on any atom is -0.324 e. The van der Waals surface area contributed by atoms with Crippen molar-refractivity contribution in [2.24, 2.45) is 5.92 Å². The van der Waals surface area contributed by atoms with Crippen LogP contribution in [0.3, 0.4) is 0 Å². The van der Waals surface area contributed by atoms with Crippen LogP contribution >= 0.6 is 11.6 Å². The van der Waals surface area contributed by atoms with Gasteiger partial charge >= 0.3 is 0 Å². The van der Waals surface area contributed by atoms with Crippen molar-refractivity contribution in [3.8, 4) is 0 Å². The van der Waals surface area contributed by atoms with Crippen LogP contribution in [0.5, 0.6) is 0 Å². The Morgan fingerprint density at radius 2 is 2.18 bits per heavy atom. The summed E-state index contributed by atoms with van der Waals surface area (Å²) < 4.78 is 0. The van der Waals surface area contributed by atoms with Gasteiger partial charge < -0.3 is 5.32 Å². The second kappa shape index (κ2) is 5.50. The second-order valence-corrected chi connectivity index (χ2v) is 5.06. The fourth-order valence-corrected chi connectivity index (χ4v) is 2.53. The molecule has 0 aliphatic heterocycles. The normalized spacial score (nSPS) is 16.1. The number of amides is 1. The second-order valence-electron chi connectivity index (χ2n) is 4.67. The molecule has 0 bridgehead atoms. The standard InChI is InChI=1S/C13H17ClN2O/c1-9-11(6-7-12(14)15-9)16-13(17)8-10-4-2-3-5-10/h6-7,10H,2-5,8H2,1H3,(H,16,17). The van der Waals surface area contributed by atoms with Gasteiger partial charge in [-0.05, 0) is 37.8 Å². The maximum atomic E-state index is 11.8. The quantitative estimate of drug-likeness (QED) is 0.836. The summed E-state index contributed by atoms with van der Waals surface area (Å²) in [7, 11) is 0. The lowest BCUT2D eigenvalue weighted by Gasteiger charge is -2.11. The van der Waals surface area contributed by atoms with Crippen LogP contribution in [0.25, 0.3) is 0 Å². The Balaban J connectivity index is 1.93. The van der Waals surface area contributed by atoms with Gasteiger partial charge in [0.15, 0.2) is 0 Å². The molecule has 0 radical (unpaired) electrons. The van der Waals surface area contributed by atoms with E-state index >= 15 is 0 Å². The van der Waals surface area contributed by atoms with Crippen molar-refractivity contribution in [3.05, 3.63) is 23.0 Å². The van der Waals surface area contributed by atoms with E-state index in [1.807, 2.05) is 6.92 Å². The lowest BCUT2D eigenvalue weighted by Crippen LogP contribution is -2.16. The van der Waals surface area contributed by atoms with Gasteiger partial charge in [0.25, 0.3) is 0 Å². The zero-order valence-electron chi connectivity index (χ0n) is 10.0. The fraction of sp³-hybridized carbons (Fsp3) is 0.538. The molecule has 1 heterocycles. The van der Waals surface area contributed by atoms with E-state index < -0.39 is 0 Å². The van der Waals surface area contributed by atoms with E-state index in [0.29, 0.717) is 17.5 Å². The van der Waals surface area contributed by atoms with Crippen LogP contribution < -0.4 is 5.32 Å². The smallest absolute Gasteiger partial charge is 0.224 e. The third kappa shape index (κ3) is 3.43. The molecule has 1 aliphatic carbocycles. The summed E-state index contributed by atoms with van der Waals surface area (Å²) in [6.07, 6.45) is 5.53. The molecule has 4 heteroatoms. The average molecular weight is 253 g/mol. The van der Waals surface area contributed by atoms with E-state index in [1.165, 1.54) is 25.7 Å². The first-order valence-electron chi connectivity index (χ1n) is 6.08. The van der Waals surface area contributed by atoms with Crippen LogP contribution in [0.15, 0.2) is 12.1 Å². The Bertz CT molecular complexity index is 414. The molecule has 0 spiro atoms. The van der Waals surface area contributed by atoms with Crippen molar-refractivity contribution in [2.75, 3.05) is 5.32 Å². The zero-order valence-corrected chi connectivity index (χ0v) is 10.8. The van der Waals surface area contributed by atoms with Gasteiger partial charge in [-0.15, -0.1) is 0 Å². The van der Waals surface area contributed by atoms with Crippen molar-refractivity contribution < 1.29 is 4.79 Å². The van der Waals surface area contributed by atoms with Crippen molar-refractivity contribution in [2.45, 2.75) is 39.0 Å². The fourth-order valence-electron chi connectivity index (χ4n) is 2.34. The summed E-state index contributed by atoms with van der Waals surface area (Å²) in [4.78, 5) is 15.9. The molecule has 17 heavy (non-hydrogen) atoms. The molecule has 1 aromatic heterocycles. The van der Waals surface area contributed by atoms with Gasteiger partial charge in [0.1, 0.15) is 5.15 Å². The molecule has 3 nitrogen and oxygen atoms in total. The zero-order chi connectivity index (χ0) is 12.3. The maximum absolute atomic E-state index is 11.8. The highest BCUT2D eigenvalue weighted by molar-refractivity contribution is 6.29. The largest absolute Gasteiger partial charge is 0.324 e. The molecular weight excluding hydrogens is 236 g/mol. The number of pyridine rings is 1. The van der Waals surface area contributed by atoms with E-state index in [9.17, 15) is 4.79 Å². The van der Waals surface area contributed by atoms with Crippen molar-refractivity contribution >= 4 is 23.2 Å². The molecule has 2 rings (SSSR count). The topological polar surface area (TPSA) is 42.0 Å². The number of nitrogens with zero attached hydrogens (tertiary/aromatic N) is 1. The minimum absolute atomic E-state index is 0.0872. The van der Waals surface area contributed by atoms with E-state index in [2.05, 4.69) is 10.3 Å². The van der Waals surface area contributed by atoms with Gasteiger partial charge in [0, 0.05) is 6.42 Å². The van der Waals surface area contributed by atoms with Crippen molar-refractivity contribution in [1.29, 1.82) is 0 Å². The minimum atomic E-state index is 0.0872. The lowest BCUT2D eigenvalue weighted by molar-refractivity contribution is -0.117. The molecule has 1 aliphatic rings. The number of rotatable bonds is 3. The predicted octanol–water partition coefficient (Wildman–Crippen LogP) is 3.56. The molecule has 0 aromatic carbocycles. The maximum Gasteiger partial charge on any atom is 0.224 e. The van der Waals surface area contributed by atoms with Crippen LogP contribution in [0, 0.1) is 12.8 Å². The number of carbonyl (C=O) groups excluding carboxylic acids is 1. The molecule has 1 saturated carbocycles. The molecule has 92 valence electrons. The monoisotopic (exact) mass is 252 g/mol. The predicted molar refractivity (Wildman–Crippen MR) is 69.2 cm³/mol. The van der Waals surface area contributed by atoms with Crippen LogP contribution in [0.2, 0.25) is 5.15 Å². The number of aryl methyl sites for hydroxylation is 1. The number of carbonyl (C=O) groups is 1. The summed E-state index contributed by atoms with van der Waals surface area (Å²) in [5.41, 5.74) is 1.52. The van der Waals surface area contributed by atoms with Crippen LogP contribution in [-0.2, 0) is 4.79 Å². The number of hydrogen-bond donors (Lipinski definition) is 1. The number of aromatic nitrogens is 1. The van der Waals surface area contributed by atoms with Gasteiger partial charge in [-0.25, -0.2) is 4.98 Å². The summed E-state index contributed by atoms with van der Waals surface area (Å²) >= 11 is 5.77. The number of anilines is 1. The Kier molecular flexibility index (Phi) is 4.00. The molecule has 1 amide bonds. The van der Waals surface area contributed by atoms with Gasteiger partial charge in [-0.2, -0.15) is 0 Å². The first-order chi connectivity index (χ1) is 8.15. The molecule has 0 unspecified atom stereocenters. The highest BCUT2D eigenvalue weighted by Gasteiger charge is 2.18. The Morgan fingerprint density at radius 3 is 2.82 bits per heavy atom. The third-order valence-corrected chi connectivity index (χ3v) is 3.49. The SMILES string of the molecule is Cc1nc(Cl)ccc1NC(=O)CC1CCCC1. The van der Waals surface area contributed by atoms with Crippen LogP contribution in [0.1, 0.15) is 37.8 Å². The van der Waals surface area contributed by atoms with Gasteiger partial charge in [0.05, 0.1) is 11.4 Å². The van der Waals surface area contributed by atoms with Gasteiger partial charge in [-0.1, -0.05) is 24.4 Å². The van der Waals surface area contributed by atoms with Gasteiger partial charge in [0.2, 0.25) is 5.91 Å². The number of hydrogen-bond acceptors (Lipinski definition) is 2. The van der Waals surface area contributed by atoms with Gasteiger partial charge in [-0.3, -0.25) is 4.79 Å². The molecule has 0 atom stereocenters. The Morgan fingerprint density at radius 1 is 1.47 bits per heavy atom. The van der Waals surface area contributed by atoms with E-state index in [1.54, 1.807) is 12.1 Å². The van der Waals surface area contributed by atoms with Crippen molar-refractivity contribution in [3.63, 3.8) is 0 Å². The lowest BCUT2D eigenvalue weighted by atomic mass is 10.0. The van der Waals surface area contributed by atoms with E-state index in [-0.39, 0.29) is 5.91 Å². The molecular formula is C13H17ClN2O. The Hall–Kier alpha value is -1.09. The Labute approximate surface area is 107 Å². The molecule has 0 saturated heterocycles. The highest BCUT2D eigenvalue weighted by atomic mass is 35.5. The summed E-state index contributed by atoms with van der Waals surface area (Å²) in [5.74, 6) is 0.652. The molecule has 1 N–H and O–H groups in total. The number of nitrogens with one attached hydrogen (secondary N) is 1. The van der Waals surface area contributed by atoms with E-state index in [4.69, 9.17) is 11.6 Å². The summed E-state index contributed by atoms with van der Waals surface area (Å²) in [5, 5.41) is 3.36. The average Bonchev–Trinajstić information content (AvgIpc) is 2.75. The molecule has 1 aromatic rings. The summed E-state index contributed by atoms with van der Waals surface area (Å²) in [6, 6.07) is 3.50. The van der Waals surface area contributed by atoms with Crippen LogP contribution in [-0.4, -0.2) is 10.9 Å². The third-order valence-electron chi connectivity index (χ3n) is 3.27. The summed E-state index contributed by atoms with van der Waals surface area (Å²) in [6.45, 7) is 1.84. The van der Waals surface area contributed by atoms with Crippen LogP contribution in [0.4, 0.5) is 5.69 Å². The molecule has 1 fully saturated rings. The first kappa shape index (κ1) is 12.4. The highest BCUT2D eigenvalue weighted by Crippen LogP contribution is 2.28. The van der Waals surface area contributed by atoms with Crippen molar-refractivity contribution in [1.82, 2.24) is 4.98 Å².